The maximum Gasteiger partial charge on any atom is 0.295 e. The van der Waals surface area contributed by atoms with Crippen LogP contribution in [0.4, 0.5) is 0 Å². The first-order valence-corrected chi connectivity index (χ1v) is 13.0. The largest absolute Gasteiger partial charge is 0.508 e. The minimum Gasteiger partial charge on any atom is -0.508 e. The van der Waals surface area contributed by atoms with Gasteiger partial charge < -0.3 is 24.6 Å². The molecule has 3 aromatic carbocycles. The molecule has 1 heterocycles. The third-order valence-corrected chi connectivity index (χ3v) is 6.17. The van der Waals surface area contributed by atoms with Crippen LogP contribution in [-0.2, 0) is 16.1 Å². The minimum absolute atomic E-state index is 0.0269. The molecule has 7 heteroatoms. The zero-order chi connectivity index (χ0) is 28.3. The highest BCUT2D eigenvalue weighted by atomic mass is 16.5. The fourth-order valence-corrected chi connectivity index (χ4v) is 4.45. The number of hydrogen-bond acceptors (Lipinski definition) is 6. The molecule has 204 valence electrons. The number of likely N-dealkylation sites (tertiary alicyclic amines) is 1. The van der Waals surface area contributed by atoms with Crippen LogP contribution in [0.5, 0.6) is 17.2 Å². The monoisotopic (exact) mass is 529 g/mol. The summed E-state index contributed by atoms with van der Waals surface area (Å²) >= 11 is 0. The Labute approximate surface area is 229 Å². The SMILES string of the molecule is CC(C)COc1cccc(/C(O)=C2\C(=O)C(=O)N(Cc3ccccc3OC(C)(C)C)C2c2ccc(O)cc2)c1. The molecule has 2 N–H and O–H groups in total. The maximum absolute atomic E-state index is 13.5. The Kier molecular flexibility index (Phi) is 8.00. The van der Waals surface area contributed by atoms with Crippen molar-refractivity contribution in [3.8, 4) is 17.2 Å². The average molecular weight is 530 g/mol. The minimum atomic E-state index is -0.881. The molecule has 4 rings (SSSR count). The van der Waals surface area contributed by atoms with Crippen molar-refractivity contribution in [2.75, 3.05) is 6.61 Å². The number of rotatable bonds is 8. The van der Waals surface area contributed by atoms with Crippen molar-refractivity contribution in [3.05, 3.63) is 95.1 Å². The number of phenols is 1. The van der Waals surface area contributed by atoms with Crippen molar-refractivity contribution in [2.24, 2.45) is 5.92 Å². The number of para-hydroxylation sites is 1. The molecule has 0 aromatic heterocycles. The lowest BCUT2D eigenvalue weighted by Crippen LogP contribution is -2.30. The Balaban J connectivity index is 1.80. The normalized spacial score (nSPS) is 17.1. The number of ether oxygens (including phenoxy) is 2. The molecule has 1 unspecified atom stereocenters. The van der Waals surface area contributed by atoms with Crippen LogP contribution in [0.2, 0.25) is 0 Å². The van der Waals surface area contributed by atoms with Gasteiger partial charge in [0.25, 0.3) is 11.7 Å². The molecule has 0 radical (unpaired) electrons. The van der Waals surface area contributed by atoms with Crippen LogP contribution >= 0.6 is 0 Å². The summed E-state index contributed by atoms with van der Waals surface area (Å²) in [5.74, 6) is -0.284. The second kappa shape index (κ2) is 11.2. The summed E-state index contributed by atoms with van der Waals surface area (Å²) in [7, 11) is 0. The second-order valence-corrected chi connectivity index (χ2v) is 11.1. The predicted octanol–water partition coefficient (Wildman–Crippen LogP) is 6.23. The van der Waals surface area contributed by atoms with Crippen LogP contribution < -0.4 is 9.47 Å². The number of amides is 1. The quantitative estimate of drug-likeness (QED) is 0.204. The highest BCUT2D eigenvalue weighted by molar-refractivity contribution is 6.46. The number of carbonyl (C=O) groups is 2. The van der Waals surface area contributed by atoms with E-state index in [2.05, 4.69) is 0 Å². The smallest absolute Gasteiger partial charge is 0.295 e. The number of ketones is 1. The van der Waals surface area contributed by atoms with Gasteiger partial charge in [0.15, 0.2) is 0 Å². The number of nitrogens with zero attached hydrogens (tertiary/aromatic N) is 1. The predicted molar refractivity (Wildman–Crippen MR) is 150 cm³/mol. The number of aliphatic hydroxyl groups is 1. The van der Waals surface area contributed by atoms with Gasteiger partial charge in [0.05, 0.1) is 24.8 Å². The number of hydrogen-bond donors (Lipinski definition) is 2. The van der Waals surface area contributed by atoms with Crippen molar-refractivity contribution >= 4 is 17.4 Å². The number of benzene rings is 3. The molecular weight excluding hydrogens is 494 g/mol. The topological polar surface area (TPSA) is 96.3 Å². The molecule has 1 amide bonds. The molecule has 0 saturated carbocycles. The number of aromatic hydroxyl groups is 1. The van der Waals surface area contributed by atoms with Crippen LogP contribution in [0.1, 0.15) is 57.4 Å². The van der Waals surface area contributed by atoms with Gasteiger partial charge in [-0.3, -0.25) is 9.59 Å². The fraction of sp³-hybridized carbons (Fsp3) is 0.312. The summed E-state index contributed by atoms with van der Waals surface area (Å²) < 4.78 is 11.9. The number of aliphatic hydroxyl groups excluding tert-OH is 1. The molecule has 1 saturated heterocycles. The summed E-state index contributed by atoms with van der Waals surface area (Å²) in [6.45, 7) is 10.5. The van der Waals surface area contributed by atoms with E-state index in [1.165, 1.54) is 17.0 Å². The van der Waals surface area contributed by atoms with E-state index in [0.29, 0.717) is 35.2 Å². The van der Waals surface area contributed by atoms with Gasteiger partial charge >= 0.3 is 0 Å². The van der Waals surface area contributed by atoms with Crippen molar-refractivity contribution in [2.45, 2.75) is 52.8 Å². The van der Waals surface area contributed by atoms with Gasteiger partial charge in [-0.05, 0) is 62.6 Å². The Hall–Kier alpha value is -4.26. The Bertz CT molecular complexity index is 1380. The van der Waals surface area contributed by atoms with E-state index in [1.807, 2.05) is 58.9 Å². The molecule has 1 aliphatic heterocycles. The Morgan fingerprint density at radius 3 is 2.33 bits per heavy atom. The Morgan fingerprint density at radius 1 is 0.974 bits per heavy atom. The molecular formula is C32H35NO6. The second-order valence-electron chi connectivity index (χ2n) is 11.1. The molecule has 7 nitrogen and oxygen atoms in total. The van der Waals surface area contributed by atoms with Crippen molar-refractivity contribution < 1.29 is 29.3 Å². The van der Waals surface area contributed by atoms with E-state index >= 15 is 0 Å². The molecule has 0 bridgehead atoms. The van der Waals surface area contributed by atoms with Gasteiger partial charge in [-0.25, -0.2) is 0 Å². The van der Waals surface area contributed by atoms with E-state index in [1.54, 1.807) is 36.4 Å². The first-order valence-electron chi connectivity index (χ1n) is 13.0. The lowest BCUT2D eigenvalue weighted by molar-refractivity contribution is -0.140. The summed E-state index contributed by atoms with van der Waals surface area (Å²) in [5, 5.41) is 21.3. The fourth-order valence-electron chi connectivity index (χ4n) is 4.45. The number of carbonyl (C=O) groups excluding carboxylic acids is 2. The molecule has 1 atom stereocenters. The van der Waals surface area contributed by atoms with Gasteiger partial charge in [0, 0.05) is 11.1 Å². The summed E-state index contributed by atoms with van der Waals surface area (Å²) in [6, 6.07) is 19.6. The van der Waals surface area contributed by atoms with E-state index in [9.17, 15) is 19.8 Å². The van der Waals surface area contributed by atoms with Crippen LogP contribution in [0, 0.1) is 5.92 Å². The zero-order valence-electron chi connectivity index (χ0n) is 23.0. The van der Waals surface area contributed by atoms with Gasteiger partial charge in [0.1, 0.15) is 28.6 Å². The molecule has 0 spiro atoms. The first kappa shape index (κ1) is 27.8. The molecule has 1 aliphatic rings. The van der Waals surface area contributed by atoms with E-state index in [-0.39, 0.29) is 23.6 Å². The number of Topliss-reactive ketones (excluding diaryl/α,β-unsaturated/α-hetero) is 1. The van der Waals surface area contributed by atoms with Crippen LogP contribution in [-0.4, -0.2) is 39.0 Å². The molecule has 1 fully saturated rings. The first-order chi connectivity index (χ1) is 18.4. The van der Waals surface area contributed by atoms with Crippen LogP contribution in [0.3, 0.4) is 0 Å². The van der Waals surface area contributed by atoms with Gasteiger partial charge in [0.2, 0.25) is 0 Å². The van der Waals surface area contributed by atoms with Crippen LogP contribution in [0.25, 0.3) is 5.76 Å². The lowest BCUT2D eigenvalue weighted by Gasteiger charge is -2.28. The third-order valence-electron chi connectivity index (χ3n) is 6.17. The van der Waals surface area contributed by atoms with E-state index in [4.69, 9.17) is 9.47 Å². The van der Waals surface area contributed by atoms with Crippen molar-refractivity contribution in [1.82, 2.24) is 4.90 Å². The highest BCUT2D eigenvalue weighted by Crippen LogP contribution is 2.41. The van der Waals surface area contributed by atoms with Gasteiger partial charge in [-0.15, -0.1) is 0 Å². The summed E-state index contributed by atoms with van der Waals surface area (Å²) in [4.78, 5) is 28.4. The van der Waals surface area contributed by atoms with E-state index in [0.717, 1.165) is 5.56 Å². The highest BCUT2D eigenvalue weighted by Gasteiger charge is 2.46. The molecule has 39 heavy (non-hydrogen) atoms. The van der Waals surface area contributed by atoms with Crippen LogP contribution in [0.15, 0.2) is 78.4 Å². The summed E-state index contributed by atoms with van der Waals surface area (Å²) in [6.07, 6.45) is 0. The number of phenolic OH excluding ortho intramolecular Hbond substituents is 1. The Morgan fingerprint density at radius 2 is 1.67 bits per heavy atom. The third kappa shape index (κ3) is 6.42. The molecule has 0 aliphatic carbocycles. The van der Waals surface area contributed by atoms with Crippen molar-refractivity contribution in [3.63, 3.8) is 0 Å². The molecule has 3 aromatic rings. The van der Waals surface area contributed by atoms with Gasteiger partial charge in [-0.1, -0.05) is 56.3 Å². The van der Waals surface area contributed by atoms with Crippen molar-refractivity contribution in [1.29, 1.82) is 0 Å². The summed E-state index contributed by atoms with van der Waals surface area (Å²) in [5.41, 5.74) is 1.18. The standard InChI is InChI=1S/C32H35NO6/c1-20(2)19-38-25-11-8-10-22(17-25)29(35)27-28(21-13-15-24(34)16-14-21)33(31(37)30(27)36)18-23-9-6-7-12-26(23)39-32(3,4)5/h6-17,20,28,34-35H,18-19H2,1-5H3/b29-27+. The lowest BCUT2D eigenvalue weighted by atomic mass is 9.95. The van der Waals surface area contributed by atoms with Gasteiger partial charge in [-0.2, -0.15) is 0 Å². The zero-order valence-corrected chi connectivity index (χ0v) is 23.0. The van der Waals surface area contributed by atoms with E-state index < -0.39 is 23.3 Å². The maximum atomic E-state index is 13.5. The average Bonchev–Trinajstić information content (AvgIpc) is 3.13.